The van der Waals surface area contributed by atoms with Crippen molar-refractivity contribution >= 4 is 27.0 Å². The molecule has 1 aliphatic heterocycles. The molecule has 1 amide bonds. The average Bonchev–Trinajstić information content (AvgIpc) is 3.11. The van der Waals surface area contributed by atoms with Crippen LogP contribution < -0.4 is 10.5 Å². The molecule has 1 aromatic heterocycles. The fourth-order valence-corrected chi connectivity index (χ4v) is 5.95. The molecule has 2 aromatic carbocycles. The SMILES string of the molecule is CC(C)C[C@H](NS(=O)(=O)c1ccc2c(c1)oc(=O)n2C)C(=O)N1CCC(Cc2ccccc2)CC1. The molecule has 0 unspecified atom stereocenters. The predicted molar refractivity (Wildman–Crippen MR) is 134 cm³/mol. The van der Waals surface area contributed by atoms with E-state index < -0.39 is 21.8 Å². The number of aryl methyl sites for hydroxylation is 1. The minimum absolute atomic E-state index is 0.0394. The van der Waals surface area contributed by atoms with Gasteiger partial charge in [0.1, 0.15) is 6.04 Å². The van der Waals surface area contributed by atoms with Crippen LogP contribution in [0.25, 0.3) is 11.1 Å². The smallest absolute Gasteiger partial charge is 0.408 e. The number of carbonyl (C=O) groups excluding carboxylic acids is 1. The number of nitrogens with zero attached hydrogens (tertiary/aromatic N) is 2. The maximum atomic E-state index is 13.4. The maximum absolute atomic E-state index is 13.4. The van der Waals surface area contributed by atoms with Crippen molar-refractivity contribution in [1.82, 2.24) is 14.2 Å². The topological polar surface area (TPSA) is 102 Å². The average molecular weight is 500 g/mol. The summed E-state index contributed by atoms with van der Waals surface area (Å²) in [6.07, 6.45) is 3.17. The van der Waals surface area contributed by atoms with Gasteiger partial charge in [-0.2, -0.15) is 4.72 Å². The van der Waals surface area contributed by atoms with Gasteiger partial charge in [0.05, 0.1) is 10.4 Å². The van der Waals surface area contributed by atoms with Gasteiger partial charge in [-0.25, -0.2) is 13.2 Å². The first-order valence-corrected chi connectivity index (χ1v) is 13.6. The van der Waals surface area contributed by atoms with E-state index >= 15 is 0 Å². The molecule has 4 rings (SSSR count). The third-order valence-corrected chi connectivity index (χ3v) is 8.14. The second kappa shape index (κ2) is 10.4. The number of amides is 1. The predicted octanol–water partition coefficient (Wildman–Crippen LogP) is 3.31. The molecule has 0 aliphatic carbocycles. The first-order valence-electron chi connectivity index (χ1n) is 12.1. The number of hydrogen-bond acceptors (Lipinski definition) is 5. The highest BCUT2D eigenvalue weighted by Crippen LogP contribution is 2.24. The third-order valence-electron chi connectivity index (χ3n) is 6.67. The number of aromatic nitrogens is 1. The van der Waals surface area contributed by atoms with E-state index in [1.54, 1.807) is 11.9 Å². The van der Waals surface area contributed by atoms with Gasteiger partial charge in [-0.15, -0.1) is 0 Å². The van der Waals surface area contributed by atoms with E-state index in [0.717, 1.165) is 19.3 Å². The fourth-order valence-electron chi connectivity index (χ4n) is 4.73. The molecule has 0 radical (unpaired) electrons. The molecule has 1 atom stereocenters. The van der Waals surface area contributed by atoms with Crippen LogP contribution in [0.2, 0.25) is 0 Å². The highest BCUT2D eigenvalue weighted by atomic mass is 32.2. The number of oxazole rings is 1. The Hall–Kier alpha value is -2.91. The Balaban J connectivity index is 1.46. The summed E-state index contributed by atoms with van der Waals surface area (Å²) in [5, 5.41) is 0. The number of fused-ring (bicyclic) bond motifs is 1. The number of benzene rings is 2. The molecule has 1 aliphatic rings. The highest BCUT2D eigenvalue weighted by Gasteiger charge is 2.32. The number of likely N-dealkylation sites (tertiary alicyclic amines) is 1. The summed E-state index contributed by atoms with van der Waals surface area (Å²) >= 11 is 0. The van der Waals surface area contributed by atoms with Crippen LogP contribution in [0, 0.1) is 11.8 Å². The lowest BCUT2D eigenvalue weighted by atomic mass is 9.90. The van der Waals surface area contributed by atoms with E-state index in [4.69, 9.17) is 4.42 Å². The number of rotatable bonds is 8. The minimum Gasteiger partial charge on any atom is -0.408 e. The Bertz CT molecular complexity index is 1340. The molecule has 1 N–H and O–H groups in total. The molecule has 1 fully saturated rings. The van der Waals surface area contributed by atoms with Crippen LogP contribution in [0.3, 0.4) is 0 Å². The van der Waals surface area contributed by atoms with E-state index in [1.165, 1.54) is 28.3 Å². The van der Waals surface area contributed by atoms with Gasteiger partial charge in [0.2, 0.25) is 15.9 Å². The van der Waals surface area contributed by atoms with Crippen molar-refractivity contribution in [3.63, 3.8) is 0 Å². The molecule has 2 heterocycles. The Morgan fingerprint density at radius 2 is 1.80 bits per heavy atom. The van der Waals surface area contributed by atoms with E-state index in [1.807, 2.05) is 32.0 Å². The number of nitrogens with one attached hydrogen (secondary N) is 1. The summed E-state index contributed by atoms with van der Waals surface area (Å²) in [6, 6.07) is 13.8. The first kappa shape index (κ1) is 25.2. The Kier molecular flexibility index (Phi) is 7.47. The highest BCUT2D eigenvalue weighted by molar-refractivity contribution is 7.89. The lowest BCUT2D eigenvalue weighted by Gasteiger charge is -2.35. The van der Waals surface area contributed by atoms with Crippen LogP contribution in [0.1, 0.15) is 38.7 Å². The molecule has 3 aromatic rings. The zero-order chi connectivity index (χ0) is 25.2. The molecule has 8 nitrogen and oxygen atoms in total. The van der Waals surface area contributed by atoms with Gasteiger partial charge in [-0.3, -0.25) is 9.36 Å². The number of hydrogen-bond donors (Lipinski definition) is 1. The van der Waals surface area contributed by atoms with Crippen molar-refractivity contribution in [2.45, 2.75) is 50.5 Å². The van der Waals surface area contributed by atoms with Gasteiger partial charge >= 0.3 is 5.76 Å². The van der Waals surface area contributed by atoms with Crippen molar-refractivity contribution in [3.8, 4) is 0 Å². The van der Waals surface area contributed by atoms with Crippen LogP contribution >= 0.6 is 0 Å². The monoisotopic (exact) mass is 499 g/mol. The molecule has 35 heavy (non-hydrogen) atoms. The van der Waals surface area contributed by atoms with Gasteiger partial charge in [-0.1, -0.05) is 44.2 Å². The second-order valence-electron chi connectivity index (χ2n) is 9.82. The van der Waals surface area contributed by atoms with Crippen molar-refractivity contribution in [3.05, 3.63) is 64.6 Å². The van der Waals surface area contributed by atoms with E-state index in [0.29, 0.717) is 30.9 Å². The zero-order valence-electron chi connectivity index (χ0n) is 20.4. The molecule has 9 heteroatoms. The van der Waals surface area contributed by atoms with Crippen molar-refractivity contribution in [2.75, 3.05) is 13.1 Å². The first-order chi connectivity index (χ1) is 16.6. The fraction of sp³-hybridized carbons (Fsp3) is 0.462. The molecule has 0 saturated carbocycles. The number of carbonyl (C=O) groups is 1. The van der Waals surface area contributed by atoms with E-state index in [2.05, 4.69) is 16.9 Å². The van der Waals surface area contributed by atoms with Crippen molar-refractivity contribution in [1.29, 1.82) is 0 Å². The quantitative estimate of drug-likeness (QED) is 0.512. The van der Waals surface area contributed by atoms with Crippen LogP contribution in [-0.4, -0.2) is 42.9 Å². The van der Waals surface area contributed by atoms with E-state index in [-0.39, 0.29) is 22.3 Å². The number of piperidine rings is 1. The number of sulfonamides is 1. The van der Waals surface area contributed by atoms with Gasteiger partial charge in [0.15, 0.2) is 5.58 Å². The summed E-state index contributed by atoms with van der Waals surface area (Å²) in [5.74, 6) is -0.121. The van der Waals surface area contributed by atoms with Gasteiger partial charge < -0.3 is 9.32 Å². The summed E-state index contributed by atoms with van der Waals surface area (Å²) in [4.78, 5) is 26.9. The minimum atomic E-state index is -4.00. The van der Waals surface area contributed by atoms with Crippen LogP contribution in [-0.2, 0) is 28.3 Å². The van der Waals surface area contributed by atoms with Crippen LogP contribution in [0.5, 0.6) is 0 Å². The normalized spacial score (nSPS) is 16.2. The summed E-state index contributed by atoms with van der Waals surface area (Å²) in [6.45, 7) is 5.16. The van der Waals surface area contributed by atoms with Crippen LogP contribution in [0.15, 0.2) is 62.6 Å². The lowest BCUT2D eigenvalue weighted by Crippen LogP contribution is -2.51. The molecule has 188 valence electrons. The second-order valence-corrected chi connectivity index (χ2v) is 11.5. The Labute approximate surface area is 206 Å². The van der Waals surface area contributed by atoms with Gasteiger partial charge in [0, 0.05) is 26.2 Å². The third kappa shape index (κ3) is 5.85. The molecule has 0 bridgehead atoms. The van der Waals surface area contributed by atoms with Gasteiger partial charge in [-0.05, 0) is 55.2 Å². The van der Waals surface area contributed by atoms with E-state index in [9.17, 15) is 18.0 Å². The zero-order valence-corrected chi connectivity index (χ0v) is 21.3. The largest absolute Gasteiger partial charge is 0.419 e. The van der Waals surface area contributed by atoms with Crippen LogP contribution in [0.4, 0.5) is 0 Å². The summed E-state index contributed by atoms with van der Waals surface area (Å²) in [5.41, 5.74) is 1.99. The summed E-state index contributed by atoms with van der Waals surface area (Å²) in [7, 11) is -2.45. The Morgan fingerprint density at radius 1 is 1.11 bits per heavy atom. The molecule has 0 spiro atoms. The lowest BCUT2D eigenvalue weighted by molar-refractivity contribution is -0.134. The molecular weight excluding hydrogens is 466 g/mol. The van der Waals surface area contributed by atoms with Gasteiger partial charge in [0.25, 0.3) is 0 Å². The van der Waals surface area contributed by atoms with Crippen molar-refractivity contribution in [2.24, 2.45) is 18.9 Å². The summed E-state index contributed by atoms with van der Waals surface area (Å²) < 4.78 is 35.5. The molecule has 1 saturated heterocycles. The standard InChI is InChI=1S/C26H33N3O5S/c1-18(2)15-22(25(30)29-13-11-20(12-14-29)16-19-7-5-4-6-8-19)27-35(32,33)21-9-10-23-24(17-21)34-26(31)28(23)3/h4-10,17-18,20,22,27H,11-16H2,1-3H3/t22-/m0/s1. The molecular formula is C26H33N3O5S. The Morgan fingerprint density at radius 3 is 2.46 bits per heavy atom. The van der Waals surface area contributed by atoms with Crippen molar-refractivity contribution < 1.29 is 17.6 Å². The maximum Gasteiger partial charge on any atom is 0.419 e.